The molecule has 2 atom stereocenters. The van der Waals surface area contributed by atoms with Gasteiger partial charge in [-0.1, -0.05) is 13.8 Å². The second kappa shape index (κ2) is 8.84. The van der Waals surface area contributed by atoms with Crippen LogP contribution in [0.25, 0.3) is 0 Å². The molecule has 1 aliphatic rings. The van der Waals surface area contributed by atoms with Gasteiger partial charge in [-0.05, 0) is 20.3 Å². The number of hydrogen-bond acceptors (Lipinski definition) is 5. The summed E-state index contributed by atoms with van der Waals surface area (Å²) >= 11 is 0. The maximum Gasteiger partial charge on any atom is 0.313 e. The second-order valence-corrected chi connectivity index (χ2v) is 7.61. The van der Waals surface area contributed by atoms with Gasteiger partial charge in [0.15, 0.2) is 5.79 Å². The lowest BCUT2D eigenvalue weighted by Crippen LogP contribution is -2.57. The summed E-state index contributed by atoms with van der Waals surface area (Å²) in [6.07, 6.45) is -0.915. The first kappa shape index (κ1) is 24.0. The van der Waals surface area contributed by atoms with Crippen LogP contribution in [0, 0.1) is 34.5 Å². The van der Waals surface area contributed by atoms with Gasteiger partial charge in [-0.3, -0.25) is 9.59 Å². The average Bonchev–Trinajstić information content (AvgIpc) is 2.70. The molecule has 168 valence electrons. The number of esters is 1. The van der Waals surface area contributed by atoms with Crippen LogP contribution in [0.1, 0.15) is 40.5 Å². The summed E-state index contributed by atoms with van der Waals surface area (Å²) < 4.78 is 82.0. The van der Waals surface area contributed by atoms with Gasteiger partial charge in [-0.25, -0.2) is 13.2 Å². The molecule has 6 nitrogen and oxygen atoms in total. The number of carbonyl (C=O) groups excluding carboxylic acids is 2. The Labute approximate surface area is 169 Å². The highest BCUT2D eigenvalue weighted by atomic mass is 19.2. The van der Waals surface area contributed by atoms with Crippen LogP contribution < -0.4 is 10.1 Å². The lowest BCUT2D eigenvalue weighted by atomic mass is 9.80. The van der Waals surface area contributed by atoms with Gasteiger partial charge in [-0.15, -0.1) is 0 Å². The van der Waals surface area contributed by atoms with E-state index in [0.717, 1.165) is 0 Å². The lowest BCUT2D eigenvalue weighted by Gasteiger charge is -2.46. The molecule has 1 N–H and O–H groups in total. The molecule has 0 saturated carbocycles. The van der Waals surface area contributed by atoms with Gasteiger partial charge in [0.2, 0.25) is 40.7 Å². The Morgan fingerprint density at radius 2 is 1.57 bits per heavy atom. The minimum atomic E-state index is -2.37. The molecule has 1 aromatic rings. The number of ether oxygens (including phenoxy) is 3. The first-order valence-electron chi connectivity index (χ1n) is 9.14. The Hall–Kier alpha value is -2.27. The molecule has 1 heterocycles. The molecule has 2 unspecified atom stereocenters. The monoisotopic (exact) mass is 439 g/mol. The van der Waals surface area contributed by atoms with E-state index in [1.807, 2.05) is 6.92 Å². The number of rotatable bonds is 6. The molecular formula is C19H22F5NO5. The summed E-state index contributed by atoms with van der Waals surface area (Å²) in [4.78, 5) is 24.3. The molecule has 1 fully saturated rings. The third-order valence-corrected chi connectivity index (χ3v) is 4.84. The van der Waals surface area contributed by atoms with Crippen LogP contribution in [0.5, 0.6) is 5.75 Å². The number of benzene rings is 1. The van der Waals surface area contributed by atoms with Crippen molar-refractivity contribution in [1.82, 2.24) is 5.32 Å². The van der Waals surface area contributed by atoms with Crippen molar-refractivity contribution in [3.05, 3.63) is 29.1 Å². The first-order valence-corrected chi connectivity index (χ1v) is 9.14. The summed E-state index contributed by atoms with van der Waals surface area (Å²) in [5.74, 6) is -15.9. The van der Waals surface area contributed by atoms with Crippen molar-refractivity contribution in [2.24, 2.45) is 5.41 Å². The highest BCUT2D eigenvalue weighted by molar-refractivity contribution is 5.82. The Kier molecular flexibility index (Phi) is 7.08. The fourth-order valence-electron chi connectivity index (χ4n) is 2.75. The molecule has 0 aliphatic carbocycles. The van der Waals surface area contributed by atoms with E-state index >= 15 is 0 Å². The normalized spacial score (nSPS) is 23.2. The largest absolute Gasteiger partial charge is 0.420 e. The van der Waals surface area contributed by atoms with E-state index in [1.54, 1.807) is 20.8 Å². The van der Waals surface area contributed by atoms with Gasteiger partial charge in [-0.2, -0.15) is 8.78 Å². The maximum absolute atomic E-state index is 13.6. The van der Waals surface area contributed by atoms with Crippen LogP contribution in [0.15, 0.2) is 0 Å². The smallest absolute Gasteiger partial charge is 0.313 e. The van der Waals surface area contributed by atoms with Gasteiger partial charge in [0, 0.05) is 12.0 Å². The molecule has 0 aromatic heterocycles. The number of nitrogens with one attached hydrogen (secondary N) is 1. The zero-order chi connectivity index (χ0) is 22.9. The predicted molar refractivity (Wildman–Crippen MR) is 92.8 cm³/mol. The molecule has 1 aliphatic heterocycles. The average molecular weight is 439 g/mol. The summed E-state index contributed by atoms with van der Waals surface area (Å²) in [5.41, 5.74) is -0.629. The minimum Gasteiger partial charge on any atom is -0.420 e. The standard InChI is InChI=1S/C19H22F5NO5/c1-5-19(4)8-28-18(2,3)30-16(19)17(27)25-7-6-9(26)29-15-13(23)11(21)10(20)12(22)14(15)24/h16H,5-8H2,1-4H3,(H,25,27). The Morgan fingerprint density at radius 3 is 2.10 bits per heavy atom. The zero-order valence-corrected chi connectivity index (χ0v) is 16.8. The Morgan fingerprint density at radius 1 is 1.03 bits per heavy atom. The van der Waals surface area contributed by atoms with Crippen molar-refractivity contribution < 1.29 is 45.8 Å². The first-order chi connectivity index (χ1) is 13.8. The molecule has 1 amide bonds. The van der Waals surface area contributed by atoms with Crippen molar-refractivity contribution in [2.45, 2.75) is 52.4 Å². The molecule has 0 bridgehead atoms. The minimum absolute atomic E-state index is 0.261. The van der Waals surface area contributed by atoms with Crippen LogP contribution in [0.3, 0.4) is 0 Å². The molecule has 0 radical (unpaired) electrons. The number of hydrogen-bond donors (Lipinski definition) is 1. The summed E-state index contributed by atoms with van der Waals surface area (Å²) in [6.45, 7) is 6.88. The lowest BCUT2D eigenvalue weighted by molar-refractivity contribution is -0.307. The van der Waals surface area contributed by atoms with Crippen LogP contribution >= 0.6 is 0 Å². The number of carbonyl (C=O) groups is 2. The number of halogens is 5. The van der Waals surface area contributed by atoms with E-state index in [4.69, 9.17) is 9.47 Å². The van der Waals surface area contributed by atoms with Crippen LogP contribution in [-0.4, -0.2) is 36.9 Å². The van der Waals surface area contributed by atoms with Crippen molar-refractivity contribution in [3.63, 3.8) is 0 Å². The van der Waals surface area contributed by atoms with Crippen molar-refractivity contribution in [3.8, 4) is 5.75 Å². The van der Waals surface area contributed by atoms with E-state index in [9.17, 15) is 31.5 Å². The van der Waals surface area contributed by atoms with Crippen LogP contribution in [-0.2, 0) is 19.1 Å². The molecular weight excluding hydrogens is 417 g/mol. The van der Waals surface area contributed by atoms with Crippen LogP contribution in [0.2, 0.25) is 0 Å². The predicted octanol–water partition coefficient (Wildman–Crippen LogP) is 3.36. The van der Waals surface area contributed by atoms with Gasteiger partial charge >= 0.3 is 5.97 Å². The topological polar surface area (TPSA) is 73.9 Å². The van der Waals surface area contributed by atoms with E-state index < -0.39 is 70.4 Å². The van der Waals surface area contributed by atoms with Crippen molar-refractivity contribution in [1.29, 1.82) is 0 Å². The molecule has 11 heteroatoms. The van der Waals surface area contributed by atoms with E-state index in [-0.39, 0.29) is 13.2 Å². The molecule has 2 rings (SSSR count). The van der Waals surface area contributed by atoms with E-state index in [0.29, 0.717) is 6.42 Å². The van der Waals surface area contributed by atoms with Gasteiger partial charge < -0.3 is 19.5 Å². The van der Waals surface area contributed by atoms with Gasteiger partial charge in [0.25, 0.3) is 0 Å². The highest BCUT2D eigenvalue weighted by Gasteiger charge is 2.47. The third kappa shape index (κ3) is 4.89. The highest BCUT2D eigenvalue weighted by Crippen LogP contribution is 2.37. The fraction of sp³-hybridized carbons (Fsp3) is 0.579. The summed E-state index contributed by atoms with van der Waals surface area (Å²) in [5, 5.41) is 2.44. The summed E-state index contributed by atoms with van der Waals surface area (Å²) in [6, 6.07) is 0. The maximum atomic E-state index is 13.6. The second-order valence-electron chi connectivity index (χ2n) is 7.61. The summed E-state index contributed by atoms with van der Waals surface area (Å²) in [7, 11) is 0. The van der Waals surface area contributed by atoms with E-state index in [2.05, 4.69) is 10.1 Å². The molecule has 1 saturated heterocycles. The zero-order valence-electron chi connectivity index (χ0n) is 16.8. The fourth-order valence-corrected chi connectivity index (χ4v) is 2.75. The molecule has 0 spiro atoms. The van der Waals surface area contributed by atoms with Crippen molar-refractivity contribution >= 4 is 11.9 Å². The Bertz CT molecular complexity index is 818. The third-order valence-electron chi connectivity index (χ3n) is 4.84. The van der Waals surface area contributed by atoms with Crippen molar-refractivity contribution in [2.75, 3.05) is 13.2 Å². The molecule has 30 heavy (non-hydrogen) atoms. The van der Waals surface area contributed by atoms with Gasteiger partial charge in [0.05, 0.1) is 13.0 Å². The number of amides is 1. The van der Waals surface area contributed by atoms with Crippen LogP contribution in [0.4, 0.5) is 22.0 Å². The van der Waals surface area contributed by atoms with E-state index in [1.165, 1.54) is 0 Å². The molecule has 1 aromatic carbocycles. The quantitative estimate of drug-likeness (QED) is 0.242. The Balaban J connectivity index is 1.99. The van der Waals surface area contributed by atoms with Gasteiger partial charge in [0.1, 0.15) is 6.10 Å². The SMILES string of the molecule is CCC1(C)COC(C)(C)OC1C(=O)NCCC(=O)Oc1c(F)c(F)c(F)c(F)c1F.